The second-order valence-corrected chi connectivity index (χ2v) is 6.61. The van der Waals surface area contributed by atoms with Gasteiger partial charge in [-0.25, -0.2) is 4.98 Å². The predicted molar refractivity (Wildman–Crippen MR) is 71.8 cm³/mol. The summed E-state index contributed by atoms with van der Waals surface area (Å²) in [5.41, 5.74) is 0.439. The van der Waals surface area contributed by atoms with Crippen LogP contribution in [0.5, 0.6) is 0 Å². The maximum atomic E-state index is 12.1. The Balaban J connectivity index is 2.08. The summed E-state index contributed by atoms with van der Waals surface area (Å²) >= 11 is 5.72. The first-order valence-corrected chi connectivity index (χ1v) is 7.68. The molecule has 5 nitrogen and oxygen atoms in total. The highest BCUT2D eigenvalue weighted by molar-refractivity contribution is 7.90. The molecule has 0 radical (unpaired) electrons. The summed E-state index contributed by atoms with van der Waals surface area (Å²) in [5.74, 6) is 0.590. The van der Waals surface area contributed by atoms with Crippen LogP contribution in [0, 0.1) is 5.92 Å². The standard InChI is InChI=1S/C11H16ClN3O2S/c1-9-3-6-15(7-4-9)18(16,17)14-10-2-5-13-11(12)8-10/h2,5,8-9H,3-4,6-7H2,1H3,(H,13,14). The van der Waals surface area contributed by atoms with Gasteiger partial charge in [0.15, 0.2) is 0 Å². The van der Waals surface area contributed by atoms with Crippen molar-refractivity contribution in [1.29, 1.82) is 0 Å². The molecule has 0 amide bonds. The molecule has 0 unspecified atom stereocenters. The fraction of sp³-hybridized carbons (Fsp3) is 0.545. The smallest absolute Gasteiger partial charge is 0.271 e. The van der Waals surface area contributed by atoms with E-state index in [1.54, 1.807) is 6.07 Å². The molecule has 1 aliphatic rings. The molecule has 0 saturated carbocycles. The SMILES string of the molecule is CC1CCN(S(=O)(=O)Nc2ccnc(Cl)c2)CC1. The number of hydrogen-bond donors (Lipinski definition) is 1. The summed E-state index contributed by atoms with van der Waals surface area (Å²) in [7, 11) is -3.48. The minimum atomic E-state index is -3.48. The Kier molecular flexibility index (Phi) is 4.09. The zero-order valence-electron chi connectivity index (χ0n) is 10.1. The number of anilines is 1. The van der Waals surface area contributed by atoms with E-state index in [4.69, 9.17) is 11.6 Å². The molecular weight excluding hydrogens is 274 g/mol. The van der Waals surface area contributed by atoms with Crippen LogP contribution in [-0.4, -0.2) is 30.8 Å². The van der Waals surface area contributed by atoms with Crippen LogP contribution >= 0.6 is 11.6 Å². The first-order valence-electron chi connectivity index (χ1n) is 5.87. The molecule has 1 fully saturated rings. The molecule has 0 spiro atoms. The molecule has 2 heterocycles. The molecule has 1 saturated heterocycles. The Labute approximate surface area is 112 Å². The van der Waals surface area contributed by atoms with Crippen molar-refractivity contribution in [3.05, 3.63) is 23.5 Å². The third kappa shape index (κ3) is 3.34. The summed E-state index contributed by atoms with van der Waals surface area (Å²) in [6, 6.07) is 3.07. The van der Waals surface area contributed by atoms with Gasteiger partial charge >= 0.3 is 10.2 Å². The number of aromatic nitrogens is 1. The van der Waals surface area contributed by atoms with Crippen LogP contribution in [0.4, 0.5) is 5.69 Å². The molecule has 0 atom stereocenters. The van der Waals surface area contributed by atoms with Crippen LogP contribution in [0.25, 0.3) is 0 Å². The van der Waals surface area contributed by atoms with Gasteiger partial charge in [0.2, 0.25) is 0 Å². The van der Waals surface area contributed by atoms with Crippen LogP contribution in [0.3, 0.4) is 0 Å². The molecule has 1 aromatic heterocycles. The maximum absolute atomic E-state index is 12.1. The number of pyridine rings is 1. The second-order valence-electron chi connectivity index (χ2n) is 4.56. The zero-order valence-corrected chi connectivity index (χ0v) is 11.7. The average Bonchev–Trinajstić information content (AvgIpc) is 2.29. The summed E-state index contributed by atoms with van der Waals surface area (Å²) in [4.78, 5) is 3.81. The average molecular weight is 290 g/mol. The van der Waals surface area contributed by atoms with Crippen molar-refractivity contribution in [3.8, 4) is 0 Å². The van der Waals surface area contributed by atoms with E-state index in [0.717, 1.165) is 12.8 Å². The molecule has 18 heavy (non-hydrogen) atoms. The van der Waals surface area contributed by atoms with Crippen LogP contribution < -0.4 is 4.72 Å². The van der Waals surface area contributed by atoms with Crippen LogP contribution in [0.1, 0.15) is 19.8 Å². The second kappa shape index (κ2) is 5.42. The van der Waals surface area contributed by atoms with E-state index in [0.29, 0.717) is 24.7 Å². The molecule has 0 bridgehead atoms. The number of nitrogens with one attached hydrogen (secondary N) is 1. The topological polar surface area (TPSA) is 62.3 Å². The van der Waals surface area contributed by atoms with Crippen molar-refractivity contribution in [3.63, 3.8) is 0 Å². The van der Waals surface area contributed by atoms with Crippen molar-refractivity contribution in [2.45, 2.75) is 19.8 Å². The highest BCUT2D eigenvalue weighted by Crippen LogP contribution is 2.20. The van der Waals surface area contributed by atoms with Crippen LogP contribution in [0.15, 0.2) is 18.3 Å². The molecule has 1 aromatic rings. The van der Waals surface area contributed by atoms with Gasteiger partial charge in [0.1, 0.15) is 5.15 Å². The normalized spacial score (nSPS) is 18.8. The molecule has 0 aromatic carbocycles. The lowest BCUT2D eigenvalue weighted by Crippen LogP contribution is -2.41. The van der Waals surface area contributed by atoms with E-state index in [1.807, 2.05) is 0 Å². The van der Waals surface area contributed by atoms with Crippen molar-refractivity contribution in [2.24, 2.45) is 5.92 Å². The molecule has 1 N–H and O–H groups in total. The molecular formula is C11H16ClN3O2S. The lowest BCUT2D eigenvalue weighted by Gasteiger charge is -2.29. The highest BCUT2D eigenvalue weighted by Gasteiger charge is 2.26. The van der Waals surface area contributed by atoms with E-state index >= 15 is 0 Å². The summed E-state index contributed by atoms with van der Waals surface area (Å²) in [6.07, 6.45) is 3.27. The van der Waals surface area contributed by atoms with Gasteiger partial charge in [-0.15, -0.1) is 0 Å². The lowest BCUT2D eigenvalue weighted by molar-refractivity contribution is 0.289. The van der Waals surface area contributed by atoms with Gasteiger partial charge in [0, 0.05) is 19.3 Å². The van der Waals surface area contributed by atoms with Crippen molar-refractivity contribution in [1.82, 2.24) is 9.29 Å². The van der Waals surface area contributed by atoms with Gasteiger partial charge in [0.05, 0.1) is 5.69 Å². The molecule has 2 rings (SSSR count). The molecule has 1 aliphatic heterocycles. The molecule has 7 heteroatoms. The Morgan fingerprint density at radius 3 is 2.72 bits per heavy atom. The van der Waals surface area contributed by atoms with Gasteiger partial charge < -0.3 is 0 Å². The predicted octanol–water partition coefficient (Wildman–Crippen LogP) is 2.12. The quantitative estimate of drug-likeness (QED) is 0.867. The summed E-state index contributed by atoms with van der Waals surface area (Å²) in [6.45, 7) is 3.27. The van der Waals surface area contributed by atoms with Crippen molar-refractivity contribution in [2.75, 3.05) is 17.8 Å². The Hall–Kier alpha value is -0.850. The third-order valence-corrected chi connectivity index (χ3v) is 4.80. The number of nitrogens with zero attached hydrogens (tertiary/aromatic N) is 2. The monoisotopic (exact) mass is 289 g/mol. The number of hydrogen-bond acceptors (Lipinski definition) is 3. The first-order chi connectivity index (χ1) is 8.47. The summed E-state index contributed by atoms with van der Waals surface area (Å²) in [5, 5.41) is 0.266. The van der Waals surface area contributed by atoms with Gasteiger partial charge in [-0.05, 0) is 30.9 Å². The molecule has 0 aliphatic carbocycles. The van der Waals surface area contributed by atoms with Gasteiger partial charge in [0.25, 0.3) is 0 Å². The van der Waals surface area contributed by atoms with Gasteiger partial charge in [-0.1, -0.05) is 18.5 Å². The Morgan fingerprint density at radius 2 is 2.11 bits per heavy atom. The maximum Gasteiger partial charge on any atom is 0.301 e. The van der Waals surface area contributed by atoms with E-state index in [1.165, 1.54) is 16.6 Å². The number of rotatable bonds is 3. The van der Waals surface area contributed by atoms with Crippen LogP contribution in [-0.2, 0) is 10.2 Å². The van der Waals surface area contributed by atoms with Gasteiger partial charge in [-0.3, -0.25) is 4.72 Å². The fourth-order valence-corrected chi connectivity index (χ4v) is 3.32. The Morgan fingerprint density at radius 1 is 1.44 bits per heavy atom. The van der Waals surface area contributed by atoms with E-state index in [9.17, 15) is 8.42 Å². The minimum absolute atomic E-state index is 0.266. The van der Waals surface area contributed by atoms with E-state index in [-0.39, 0.29) is 5.15 Å². The highest BCUT2D eigenvalue weighted by atomic mass is 35.5. The van der Waals surface area contributed by atoms with Gasteiger partial charge in [-0.2, -0.15) is 12.7 Å². The minimum Gasteiger partial charge on any atom is -0.271 e. The van der Waals surface area contributed by atoms with Crippen LogP contribution in [0.2, 0.25) is 5.15 Å². The zero-order chi connectivity index (χ0) is 13.2. The third-order valence-electron chi connectivity index (χ3n) is 3.06. The lowest BCUT2D eigenvalue weighted by atomic mass is 10.0. The largest absolute Gasteiger partial charge is 0.301 e. The number of piperidine rings is 1. The summed E-state index contributed by atoms with van der Waals surface area (Å²) < 4.78 is 28.2. The Bertz CT molecular complexity index is 513. The van der Waals surface area contributed by atoms with Crippen molar-refractivity contribution >= 4 is 27.5 Å². The van der Waals surface area contributed by atoms with E-state index in [2.05, 4.69) is 16.6 Å². The number of halogens is 1. The first kappa shape index (κ1) is 13.6. The molecule has 100 valence electrons. The fourth-order valence-electron chi connectivity index (χ4n) is 1.90. The van der Waals surface area contributed by atoms with Crippen molar-refractivity contribution < 1.29 is 8.42 Å². The van der Waals surface area contributed by atoms with E-state index < -0.39 is 10.2 Å².